The lowest BCUT2D eigenvalue weighted by Crippen LogP contribution is -2.23. The Bertz CT molecular complexity index is 1110. The smallest absolute Gasteiger partial charge is 0.417 e. The van der Waals surface area contributed by atoms with Gasteiger partial charge in [-0.1, -0.05) is 18.2 Å². The average molecular weight is 425 g/mol. The summed E-state index contributed by atoms with van der Waals surface area (Å²) in [6.07, 6.45) is 3.00. The maximum atomic E-state index is 13.3. The van der Waals surface area contributed by atoms with E-state index in [9.17, 15) is 21.6 Å². The number of methoxy groups -OCH3 is 1. The Morgan fingerprint density at radius 2 is 2.03 bits per heavy atom. The van der Waals surface area contributed by atoms with Gasteiger partial charge in [-0.2, -0.15) is 13.2 Å². The topological polar surface area (TPSA) is 73.2 Å². The molecular formula is C19H18F3N3O3S. The van der Waals surface area contributed by atoms with E-state index in [1.54, 1.807) is 23.2 Å². The van der Waals surface area contributed by atoms with Crippen LogP contribution in [0.2, 0.25) is 0 Å². The van der Waals surface area contributed by atoms with Crippen LogP contribution in [0.3, 0.4) is 0 Å². The lowest BCUT2D eigenvalue weighted by molar-refractivity contribution is -0.0886. The van der Waals surface area contributed by atoms with E-state index in [0.29, 0.717) is 11.4 Å². The van der Waals surface area contributed by atoms with Gasteiger partial charge in [0.2, 0.25) is 0 Å². The number of hydrogen-bond donors (Lipinski definition) is 1. The molecule has 1 heterocycles. The maximum absolute atomic E-state index is 13.3. The third kappa shape index (κ3) is 4.53. The van der Waals surface area contributed by atoms with E-state index < -0.39 is 26.7 Å². The lowest BCUT2D eigenvalue weighted by atomic mass is 10.2. The molecule has 0 spiro atoms. The fraction of sp³-hybridized carbons (Fsp3) is 0.211. The van der Waals surface area contributed by atoms with Crippen LogP contribution in [0.5, 0.6) is 5.75 Å². The van der Waals surface area contributed by atoms with Crippen LogP contribution < -0.4 is 9.46 Å². The molecule has 0 amide bonds. The first-order chi connectivity index (χ1) is 13.6. The summed E-state index contributed by atoms with van der Waals surface area (Å²) in [6.45, 7) is 1.81. The molecule has 0 unspecified atom stereocenters. The van der Waals surface area contributed by atoms with Crippen LogP contribution in [0.15, 0.2) is 65.5 Å². The number of alkyl halides is 3. The minimum Gasteiger partial charge on any atom is -0.494 e. The van der Waals surface area contributed by atoms with Crippen LogP contribution >= 0.6 is 0 Å². The van der Waals surface area contributed by atoms with Crippen molar-refractivity contribution in [1.82, 2.24) is 9.55 Å². The van der Waals surface area contributed by atoms with Gasteiger partial charge < -0.3 is 9.30 Å². The summed E-state index contributed by atoms with van der Waals surface area (Å²) in [5.74, 6) is 0.325. The first-order valence-electron chi connectivity index (χ1n) is 8.48. The molecule has 0 saturated carbocycles. The van der Waals surface area contributed by atoms with Gasteiger partial charge in [-0.3, -0.25) is 4.72 Å². The fourth-order valence-corrected chi connectivity index (χ4v) is 4.15. The Kier molecular flexibility index (Phi) is 5.56. The van der Waals surface area contributed by atoms with Crippen LogP contribution in [-0.2, 0) is 10.0 Å². The molecule has 1 N–H and O–H groups in total. The highest BCUT2D eigenvalue weighted by Gasteiger charge is 2.40. The summed E-state index contributed by atoms with van der Waals surface area (Å²) < 4.78 is 74.7. The van der Waals surface area contributed by atoms with Crippen molar-refractivity contribution in [3.05, 3.63) is 71.2 Å². The first kappa shape index (κ1) is 20.7. The van der Waals surface area contributed by atoms with Crippen LogP contribution in [-0.4, -0.2) is 31.3 Å². The highest BCUT2D eigenvalue weighted by atomic mass is 32.2. The van der Waals surface area contributed by atoms with Gasteiger partial charge in [0.05, 0.1) is 41.0 Å². The van der Waals surface area contributed by atoms with Gasteiger partial charge in [0.1, 0.15) is 5.75 Å². The molecule has 2 aromatic rings. The van der Waals surface area contributed by atoms with Crippen molar-refractivity contribution >= 4 is 15.7 Å². The number of nitrogens with one attached hydrogen (secondary N) is 1. The molecule has 10 heteroatoms. The third-order valence-electron chi connectivity index (χ3n) is 4.12. The fourth-order valence-electron chi connectivity index (χ4n) is 2.82. The van der Waals surface area contributed by atoms with E-state index in [1.165, 1.54) is 31.4 Å². The maximum Gasteiger partial charge on any atom is 0.417 e. The number of halogens is 3. The lowest BCUT2D eigenvalue weighted by Gasteiger charge is -2.17. The van der Waals surface area contributed by atoms with Gasteiger partial charge in [-0.25, -0.2) is 13.4 Å². The molecule has 0 fully saturated rings. The second kappa shape index (κ2) is 7.78. The number of aryl methyl sites for hydroxylation is 1. The quantitative estimate of drug-likeness (QED) is 0.777. The number of hydrogen-bond acceptors (Lipinski definition) is 4. The van der Waals surface area contributed by atoms with E-state index >= 15 is 0 Å². The van der Waals surface area contributed by atoms with E-state index in [0.717, 1.165) is 17.8 Å². The first-order valence-corrected chi connectivity index (χ1v) is 9.96. The van der Waals surface area contributed by atoms with E-state index in [2.05, 4.69) is 9.71 Å². The molecule has 1 aromatic carbocycles. The molecule has 29 heavy (non-hydrogen) atoms. The Morgan fingerprint density at radius 3 is 2.66 bits per heavy atom. The number of nitrogens with zero attached hydrogens (tertiary/aromatic N) is 2. The van der Waals surface area contributed by atoms with E-state index in [1.807, 2.05) is 6.92 Å². The largest absolute Gasteiger partial charge is 0.494 e. The zero-order valence-electron chi connectivity index (χ0n) is 15.6. The average Bonchev–Trinajstić information content (AvgIpc) is 2.91. The molecule has 0 saturated heterocycles. The molecule has 1 aromatic heterocycles. The SMILES string of the molecule is COc1cc(NS(=O)(=O)C2=CCC=CC=C2C(F)(F)F)ccc1-n1cnc(C)c1. The minimum absolute atomic E-state index is 0.0641. The molecule has 0 aliphatic heterocycles. The summed E-state index contributed by atoms with van der Waals surface area (Å²) in [7, 11) is -3.07. The Hall–Kier alpha value is -3.01. The number of imidazole rings is 1. The van der Waals surface area contributed by atoms with Crippen molar-refractivity contribution in [3.8, 4) is 11.4 Å². The van der Waals surface area contributed by atoms with Crippen molar-refractivity contribution in [1.29, 1.82) is 0 Å². The van der Waals surface area contributed by atoms with Crippen LogP contribution in [0, 0.1) is 6.92 Å². The van der Waals surface area contributed by atoms with Crippen molar-refractivity contribution in [2.75, 3.05) is 11.8 Å². The van der Waals surface area contributed by atoms with Crippen LogP contribution in [0.4, 0.5) is 18.9 Å². The summed E-state index contributed by atoms with van der Waals surface area (Å²) in [6, 6.07) is 4.42. The zero-order chi connectivity index (χ0) is 21.2. The Labute approximate surface area is 166 Å². The second-order valence-electron chi connectivity index (χ2n) is 6.22. The molecule has 154 valence electrons. The molecule has 0 bridgehead atoms. The molecular weight excluding hydrogens is 407 g/mol. The number of sulfonamides is 1. The Morgan fingerprint density at radius 1 is 1.28 bits per heavy atom. The van der Waals surface area contributed by atoms with Crippen molar-refractivity contribution in [2.45, 2.75) is 19.5 Å². The predicted octanol–water partition coefficient (Wildman–Crippen LogP) is 4.26. The molecule has 1 aliphatic rings. The number of benzene rings is 1. The third-order valence-corrected chi connectivity index (χ3v) is 5.59. The molecule has 0 atom stereocenters. The van der Waals surface area contributed by atoms with Crippen LogP contribution in [0.1, 0.15) is 12.1 Å². The molecule has 6 nitrogen and oxygen atoms in total. The van der Waals surface area contributed by atoms with Gasteiger partial charge >= 0.3 is 6.18 Å². The second-order valence-corrected chi connectivity index (χ2v) is 7.88. The summed E-state index contributed by atoms with van der Waals surface area (Å²) in [4.78, 5) is 3.30. The number of allylic oxidation sites excluding steroid dienone is 5. The highest BCUT2D eigenvalue weighted by molar-refractivity contribution is 7.96. The van der Waals surface area contributed by atoms with E-state index in [-0.39, 0.29) is 12.1 Å². The monoisotopic (exact) mass is 425 g/mol. The normalized spacial score (nSPS) is 14.8. The van der Waals surface area contributed by atoms with Gasteiger partial charge in [0, 0.05) is 12.3 Å². The highest BCUT2D eigenvalue weighted by Crippen LogP contribution is 2.36. The molecule has 3 rings (SSSR count). The van der Waals surface area contributed by atoms with Gasteiger partial charge in [-0.15, -0.1) is 0 Å². The number of aromatic nitrogens is 2. The zero-order valence-corrected chi connectivity index (χ0v) is 16.4. The predicted molar refractivity (Wildman–Crippen MR) is 103 cm³/mol. The van der Waals surface area contributed by atoms with Crippen LogP contribution in [0.25, 0.3) is 5.69 Å². The minimum atomic E-state index is -4.81. The van der Waals surface area contributed by atoms with E-state index in [4.69, 9.17) is 4.74 Å². The van der Waals surface area contributed by atoms with Crippen molar-refractivity contribution in [2.24, 2.45) is 0 Å². The molecule has 1 aliphatic carbocycles. The molecule has 0 radical (unpaired) electrons. The summed E-state index contributed by atoms with van der Waals surface area (Å²) in [5.41, 5.74) is 0.223. The number of anilines is 1. The van der Waals surface area contributed by atoms with Gasteiger partial charge in [-0.05, 0) is 31.6 Å². The summed E-state index contributed by atoms with van der Waals surface area (Å²) >= 11 is 0. The standard InChI is InChI=1S/C19H18F3N3O3S/c1-13-11-25(12-23-13)16-9-8-14(10-17(16)28-2)24-29(26,27)18-7-5-3-4-6-15(18)19(20,21)22/h3-4,6-12,24H,5H2,1-2H3. The van der Waals surface area contributed by atoms with Crippen molar-refractivity contribution in [3.63, 3.8) is 0 Å². The Balaban J connectivity index is 1.95. The van der Waals surface area contributed by atoms with Crippen molar-refractivity contribution < 1.29 is 26.3 Å². The number of ether oxygens (including phenoxy) is 1. The van der Waals surface area contributed by atoms with Gasteiger partial charge in [0.25, 0.3) is 10.0 Å². The summed E-state index contributed by atoms with van der Waals surface area (Å²) in [5, 5.41) is 0. The van der Waals surface area contributed by atoms with Gasteiger partial charge in [0.15, 0.2) is 0 Å². The number of rotatable bonds is 5.